The largest absolute Gasteiger partial charge is 0.464 e. The summed E-state index contributed by atoms with van der Waals surface area (Å²) in [4.78, 5) is 10.8. The molecule has 0 aromatic heterocycles. The van der Waals surface area contributed by atoms with E-state index in [9.17, 15) is 10.1 Å². The maximum atomic E-state index is 11.2. The fourth-order valence-corrected chi connectivity index (χ4v) is 4.15. The van der Waals surface area contributed by atoms with Gasteiger partial charge in [0.15, 0.2) is 0 Å². The molecule has 0 aliphatic carbocycles. The van der Waals surface area contributed by atoms with Gasteiger partial charge >= 0.3 is 0 Å². The Balaban J connectivity index is 1.61. The van der Waals surface area contributed by atoms with E-state index in [2.05, 4.69) is 0 Å². The molecule has 3 aromatic carbocycles. The van der Waals surface area contributed by atoms with Crippen molar-refractivity contribution in [2.24, 2.45) is 5.10 Å². The zero-order valence-electron chi connectivity index (χ0n) is 15.2. The molecule has 2 atom stereocenters. The van der Waals surface area contributed by atoms with Crippen molar-refractivity contribution in [1.82, 2.24) is 5.01 Å². The quantitative estimate of drug-likeness (QED) is 0.426. The number of non-ortho nitro benzene ring substituents is 1. The fourth-order valence-electron chi connectivity index (χ4n) is 3.90. The summed E-state index contributed by atoms with van der Waals surface area (Å²) in [6.45, 7) is 0. The molecular weight excluding hydrogens is 390 g/mol. The van der Waals surface area contributed by atoms with E-state index in [0.29, 0.717) is 17.0 Å². The summed E-state index contributed by atoms with van der Waals surface area (Å²) >= 11 is 6.41. The second kappa shape index (κ2) is 6.90. The summed E-state index contributed by atoms with van der Waals surface area (Å²) in [6.07, 6.45) is 0.116. The third kappa shape index (κ3) is 3.02. The normalized spacial score (nSPS) is 19.8. The standard InChI is InChI=1S/C22H16ClN3O3/c23-18-10-3-1-8-16(18)19-13-20-17-9-2-4-11-21(17)29-22(25(20)24-19)14-6-5-7-15(12-14)26(27)28/h1-12,20,22H,13H2/t20-,22-/m1/s1. The van der Waals surface area contributed by atoms with Crippen molar-refractivity contribution in [1.29, 1.82) is 0 Å². The number of ether oxygens (including phenoxy) is 1. The molecule has 7 heteroatoms. The van der Waals surface area contributed by atoms with Gasteiger partial charge in [-0.3, -0.25) is 10.1 Å². The zero-order valence-corrected chi connectivity index (χ0v) is 16.0. The van der Waals surface area contributed by atoms with Crippen LogP contribution in [0.4, 0.5) is 5.69 Å². The molecule has 0 unspecified atom stereocenters. The van der Waals surface area contributed by atoms with Gasteiger partial charge in [-0.05, 0) is 12.1 Å². The van der Waals surface area contributed by atoms with Gasteiger partial charge in [0.2, 0.25) is 6.23 Å². The molecule has 2 aliphatic heterocycles. The molecule has 0 amide bonds. The topological polar surface area (TPSA) is 68.0 Å². The minimum atomic E-state index is -0.560. The van der Waals surface area contributed by atoms with Crippen LogP contribution in [0, 0.1) is 10.1 Å². The number of nitrogens with zero attached hydrogens (tertiary/aromatic N) is 3. The Morgan fingerprint density at radius 1 is 1.07 bits per heavy atom. The number of halogens is 1. The lowest BCUT2D eigenvalue weighted by Crippen LogP contribution is -2.33. The van der Waals surface area contributed by atoms with Crippen molar-refractivity contribution in [3.8, 4) is 5.75 Å². The summed E-state index contributed by atoms with van der Waals surface area (Å²) in [5.41, 5.74) is 3.51. The lowest BCUT2D eigenvalue weighted by Gasteiger charge is -2.38. The van der Waals surface area contributed by atoms with E-state index < -0.39 is 11.2 Å². The van der Waals surface area contributed by atoms with Crippen LogP contribution in [-0.4, -0.2) is 15.6 Å². The van der Waals surface area contributed by atoms with Crippen LogP contribution in [0.3, 0.4) is 0 Å². The van der Waals surface area contributed by atoms with Gasteiger partial charge in [0.1, 0.15) is 5.75 Å². The minimum Gasteiger partial charge on any atom is -0.464 e. The highest BCUT2D eigenvalue weighted by Crippen LogP contribution is 2.47. The Hall–Kier alpha value is -3.38. The van der Waals surface area contributed by atoms with Crippen LogP contribution in [0.2, 0.25) is 5.02 Å². The Kier molecular flexibility index (Phi) is 4.21. The van der Waals surface area contributed by atoms with Crippen molar-refractivity contribution in [3.05, 3.63) is 105 Å². The molecule has 0 bridgehead atoms. The van der Waals surface area contributed by atoms with Crippen molar-refractivity contribution in [2.45, 2.75) is 18.7 Å². The second-order valence-electron chi connectivity index (χ2n) is 6.99. The predicted molar refractivity (Wildman–Crippen MR) is 110 cm³/mol. The molecule has 0 N–H and O–H groups in total. The number of nitro benzene ring substituents is 1. The van der Waals surface area contributed by atoms with Gasteiger partial charge in [-0.1, -0.05) is 60.1 Å². The van der Waals surface area contributed by atoms with Crippen molar-refractivity contribution in [3.63, 3.8) is 0 Å². The number of hydrazone groups is 1. The van der Waals surface area contributed by atoms with Gasteiger partial charge in [-0.25, -0.2) is 5.01 Å². The molecule has 2 aliphatic rings. The molecule has 2 heterocycles. The maximum absolute atomic E-state index is 11.2. The van der Waals surface area contributed by atoms with Crippen LogP contribution in [0.1, 0.15) is 35.4 Å². The lowest BCUT2D eigenvalue weighted by molar-refractivity contribution is -0.385. The van der Waals surface area contributed by atoms with E-state index in [4.69, 9.17) is 21.4 Å². The summed E-state index contributed by atoms with van der Waals surface area (Å²) < 4.78 is 6.24. The Bertz CT molecular complexity index is 1150. The van der Waals surface area contributed by atoms with Crippen LogP contribution >= 0.6 is 11.6 Å². The van der Waals surface area contributed by atoms with Crippen LogP contribution in [0.5, 0.6) is 5.75 Å². The van der Waals surface area contributed by atoms with Gasteiger partial charge in [0, 0.05) is 40.3 Å². The highest BCUT2D eigenvalue weighted by atomic mass is 35.5. The monoisotopic (exact) mass is 405 g/mol. The average molecular weight is 406 g/mol. The number of fused-ring (bicyclic) bond motifs is 3. The first kappa shape index (κ1) is 17.7. The Morgan fingerprint density at radius 3 is 2.69 bits per heavy atom. The van der Waals surface area contributed by atoms with Crippen LogP contribution < -0.4 is 4.74 Å². The molecule has 0 radical (unpaired) electrons. The summed E-state index contributed by atoms with van der Waals surface area (Å²) in [5, 5.41) is 18.6. The molecule has 0 saturated carbocycles. The molecule has 144 valence electrons. The third-order valence-corrected chi connectivity index (χ3v) is 5.58. The number of hydrogen-bond donors (Lipinski definition) is 0. The molecule has 0 saturated heterocycles. The first-order valence-electron chi connectivity index (χ1n) is 9.22. The van der Waals surface area contributed by atoms with Gasteiger partial charge in [0.05, 0.1) is 16.7 Å². The Morgan fingerprint density at radius 2 is 1.86 bits per heavy atom. The van der Waals surface area contributed by atoms with Crippen LogP contribution in [-0.2, 0) is 0 Å². The highest BCUT2D eigenvalue weighted by molar-refractivity contribution is 6.34. The van der Waals surface area contributed by atoms with Crippen molar-refractivity contribution >= 4 is 23.0 Å². The van der Waals surface area contributed by atoms with E-state index in [1.165, 1.54) is 6.07 Å². The smallest absolute Gasteiger partial charge is 0.269 e. The maximum Gasteiger partial charge on any atom is 0.269 e. The number of benzene rings is 3. The zero-order chi connectivity index (χ0) is 20.0. The van der Waals surface area contributed by atoms with E-state index in [0.717, 1.165) is 22.6 Å². The highest BCUT2D eigenvalue weighted by Gasteiger charge is 2.41. The molecule has 0 spiro atoms. The number of nitro groups is 1. The fraction of sp³-hybridized carbons (Fsp3) is 0.136. The molecular formula is C22H16ClN3O3. The second-order valence-corrected chi connectivity index (χ2v) is 7.39. The first-order valence-corrected chi connectivity index (χ1v) is 9.60. The molecule has 29 heavy (non-hydrogen) atoms. The van der Waals surface area contributed by atoms with Gasteiger partial charge < -0.3 is 4.74 Å². The van der Waals surface area contributed by atoms with Crippen molar-refractivity contribution < 1.29 is 9.66 Å². The average Bonchev–Trinajstić information content (AvgIpc) is 3.19. The van der Waals surface area contributed by atoms with Crippen LogP contribution in [0.15, 0.2) is 77.9 Å². The number of rotatable bonds is 3. The van der Waals surface area contributed by atoms with Gasteiger partial charge in [-0.2, -0.15) is 5.10 Å². The lowest BCUT2D eigenvalue weighted by atomic mass is 9.96. The summed E-state index contributed by atoms with van der Waals surface area (Å²) in [7, 11) is 0. The number of hydrogen-bond acceptors (Lipinski definition) is 5. The van der Waals surface area contributed by atoms with Gasteiger partial charge in [-0.15, -0.1) is 0 Å². The van der Waals surface area contributed by atoms with E-state index >= 15 is 0 Å². The summed E-state index contributed by atoms with van der Waals surface area (Å²) in [6, 6.07) is 21.9. The first-order chi connectivity index (χ1) is 14.1. The molecule has 0 fully saturated rings. The Labute approximate surface area is 172 Å². The van der Waals surface area contributed by atoms with Crippen molar-refractivity contribution in [2.75, 3.05) is 0 Å². The van der Waals surface area contributed by atoms with E-state index in [1.807, 2.05) is 59.6 Å². The van der Waals surface area contributed by atoms with E-state index in [-0.39, 0.29) is 11.7 Å². The SMILES string of the molecule is O=[N+]([O-])c1cccc([C@H]2Oc3ccccc3[C@H]3CC(c4ccccc4Cl)=NN32)c1. The molecule has 6 nitrogen and oxygen atoms in total. The molecule has 5 rings (SSSR count). The summed E-state index contributed by atoms with van der Waals surface area (Å²) in [5.74, 6) is 0.765. The third-order valence-electron chi connectivity index (χ3n) is 5.25. The number of para-hydroxylation sites is 1. The van der Waals surface area contributed by atoms with E-state index in [1.54, 1.807) is 12.1 Å². The minimum absolute atomic E-state index is 0.0241. The van der Waals surface area contributed by atoms with Crippen LogP contribution in [0.25, 0.3) is 0 Å². The molecule has 3 aromatic rings. The van der Waals surface area contributed by atoms with Gasteiger partial charge in [0.25, 0.3) is 5.69 Å². The predicted octanol–water partition coefficient (Wildman–Crippen LogP) is 5.49.